The van der Waals surface area contributed by atoms with Crippen LogP contribution in [0.25, 0.3) is 0 Å². The van der Waals surface area contributed by atoms with E-state index in [4.69, 9.17) is 4.74 Å². The normalized spacial score (nSPS) is 10.2. The molecule has 80 valence electrons. The number of methoxy groups -OCH3 is 1. The Hall–Kier alpha value is -1.97. The van der Waals surface area contributed by atoms with Gasteiger partial charge in [-0.1, -0.05) is 18.2 Å². The molecule has 0 aromatic heterocycles. The highest BCUT2D eigenvalue weighted by atomic mass is 16.5. The van der Waals surface area contributed by atoms with Crippen LogP contribution in [0, 0.1) is 0 Å². The van der Waals surface area contributed by atoms with Crippen molar-refractivity contribution in [1.29, 1.82) is 0 Å². The average molecular weight is 208 g/mol. The van der Waals surface area contributed by atoms with Gasteiger partial charge in [-0.15, -0.1) is 0 Å². The standard InChI is InChI=1S/C11H12O4/c1-14-11(13)6-7-15-8-9-4-2-3-5-10(9)12/h2-7,12H,8H2,1H3. The van der Waals surface area contributed by atoms with Gasteiger partial charge in [0.1, 0.15) is 12.4 Å². The third-order valence-electron chi connectivity index (χ3n) is 1.73. The lowest BCUT2D eigenvalue weighted by atomic mass is 10.2. The molecule has 0 fully saturated rings. The lowest BCUT2D eigenvalue weighted by Gasteiger charge is -2.02. The number of carbonyl (C=O) groups is 1. The quantitative estimate of drug-likeness (QED) is 0.464. The Kier molecular flexibility index (Phi) is 4.22. The number of aromatic hydroxyl groups is 1. The summed E-state index contributed by atoms with van der Waals surface area (Å²) in [7, 11) is 1.29. The molecule has 1 rings (SSSR count). The summed E-state index contributed by atoms with van der Waals surface area (Å²) in [4.78, 5) is 10.7. The molecular weight excluding hydrogens is 196 g/mol. The zero-order valence-corrected chi connectivity index (χ0v) is 8.34. The zero-order chi connectivity index (χ0) is 11.1. The largest absolute Gasteiger partial charge is 0.508 e. The van der Waals surface area contributed by atoms with Gasteiger partial charge in [-0.2, -0.15) is 0 Å². The van der Waals surface area contributed by atoms with Crippen molar-refractivity contribution in [2.45, 2.75) is 6.61 Å². The van der Waals surface area contributed by atoms with E-state index in [1.807, 2.05) is 0 Å². The smallest absolute Gasteiger partial charge is 0.333 e. The highest BCUT2D eigenvalue weighted by Crippen LogP contribution is 2.16. The van der Waals surface area contributed by atoms with E-state index in [0.29, 0.717) is 5.56 Å². The highest BCUT2D eigenvalue weighted by Gasteiger charge is 1.98. The van der Waals surface area contributed by atoms with Crippen LogP contribution in [0.15, 0.2) is 36.6 Å². The summed E-state index contributed by atoms with van der Waals surface area (Å²) in [6, 6.07) is 6.83. The second-order valence-electron chi connectivity index (χ2n) is 2.77. The number of benzene rings is 1. The number of esters is 1. The summed E-state index contributed by atoms with van der Waals surface area (Å²) >= 11 is 0. The van der Waals surface area contributed by atoms with Gasteiger partial charge in [-0.3, -0.25) is 0 Å². The monoisotopic (exact) mass is 208 g/mol. The van der Waals surface area contributed by atoms with Gasteiger partial charge in [-0.25, -0.2) is 4.79 Å². The predicted molar refractivity (Wildman–Crippen MR) is 54.1 cm³/mol. The van der Waals surface area contributed by atoms with Crippen molar-refractivity contribution in [3.8, 4) is 5.75 Å². The number of hydrogen-bond acceptors (Lipinski definition) is 4. The Morgan fingerprint density at radius 3 is 2.87 bits per heavy atom. The molecule has 0 radical (unpaired) electrons. The van der Waals surface area contributed by atoms with Crippen LogP contribution in [0.3, 0.4) is 0 Å². The van der Waals surface area contributed by atoms with Gasteiger partial charge in [0.05, 0.1) is 19.4 Å². The van der Waals surface area contributed by atoms with Crippen LogP contribution in [0.5, 0.6) is 5.75 Å². The number of phenols is 1. The molecule has 4 nitrogen and oxygen atoms in total. The van der Waals surface area contributed by atoms with Crippen molar-refractivity contribution in [3.05, 3.63) is 42.2 Å². The van der Waals surface area contributed by atoms with Crippen LogP contribution in [0.4, 0.5) is 0 Å². The average Bonchev–Trinajstić information content (AvgIpc) is 2.26. The molecule has 4 heteroatoms. The zero-order valence-electron chi connectivity index (χ0n) is 8.34. The SMILES string of the molecule is COC(=O)C=COCc1ccccc1O. The first-order chi connectivity index (χ1) is 7.24. The van der Waals surface area contributed by atoms with E-state index in [0.717, 1.165) is 0 Å². The van der Waals surface area contributed by atoms with Gasteiger partial charge < -0.3 is 14.6 Å². The molecule has 0 saturated heterocycles. The Balaban J connectivity index is 2.41. The first-order valence-corrected chi connectivity index (χ1v) is 4.37. The third kappa shape index (κ3) is 3.72. The maximum Gasteiger partial charge on any atom is 0.333 e. The Morgan fingerprint density at radius 1 is 1.47 bits per heavy atom. The number of ether oxygens (including phenoxy) is 2. The van der Waals surface area contributed by atoms with E-state index in [2.05, 4.69) is 4.74 Å². The van der Waals surface area contributed by atoms with E-state index < -0.39 is 5.97 Å². The van der Waals surface area contributed by atoms with Crippen LogP contribution < -0.4 is 0 Å². The molecule has 0 heterocycles. The Morgan fingerprint density at radius 2 is 2.20 bits per heavy atom. The second kappa shape index (κ2) is 5.70. The minimum atomic E-state index is -0.479. The minimum absolute atomic E-state index is 0.170. The predicted octanol–water partition coefficient (Wildman–Crippen LogP) is 1.60. The summed E-state index contributed by atoms with van der Waals surface area (Å²) in [5.41, 5.74) is 0.659. The van der Waals surface area contributed by atoms with Crippen molar-refractivity contribution >= 4 is 5.97 Å². The molecule has 1 N–H and O–H groups in total. The van der Waals surface area contributed by atoms with E-state index >= 15 is 0 Å². The van der Waals surface area contributed by atoms with Gasteiger partial charge in [-0.05, 0) is 6.07 Å². The molecule has 1 aromatic carbocycles. The molecule has 0 amide bonds. The summed E-state index contributed by atoms with van der Waals surface area (Å²) in [5, 5.41) is 9.37. The van der Waals surface area contributed by atoms with Crippen molar-refractivity contribution in [2.24, 2.45) is 0 Å². The number of para-hydroxylation sites is 1. The first kappa shape index (κ1) is 11.1. The fraction of sp³-hybridized carbons (Fsp3) is 0.182. The molecule has 0 unspecified atom stereocenters. The number of phenolic OH excluding ortho intramolecular Hbond substituents is 1. The molecule has 15 heavy (non-hydrogen) atoms. The summed E-state index contributed by atoms with van der Waals surface area (Å²) in [5.74, 6) is -0.309. The van der Waals surface area contributed by atoms with Crippen LogP contribution >= 0.6 is 0 Å². The van der Waals surface area contributed by atoms with Crippen LogP contribution in [0.1, 0.15) is 5.56 Å². The van der Waals surface area contributed by atoms with Gasteiger partial charge in [0.2, 0.25) is 0 Å². The van der Waals surface area contributed by atoms with E-state index in [1.54, 1.807) is 24.3 Å². The molecule has 0 atom stereocenters. The second-order valence-corrected chi connectivity index (χ2v) is 2.77. The van der Waals surface area contributed by atoms with Crippen molar-refractivity contribution in [1.82, 2.24) is 0 Å². The van der Waals surface area contributed by atoms with Crippen LogP contribution in [0.2, 0.25) is 0 Å². The third-order valence-corrected chi connectivity index (χ3v) is 1.73. The molecule has 0 spiro atoms. The van der Waals surface area contributed by atoms with E-state index in [1.165, 1.54) is 19.4 Å². The van der Waals surface area contributed by atoms with Gasteiger partial charge in [0.25, 0.3) is 0 Å². The first-order valence-electron chi connectivity index (χ1n) is 4.37. The molecule has 0 aliphatic rings. The highest BCUT2D eigenvalue weighted by molar-refractivity contribution is 5.81. The summed E-state index contributed by atoms with van der Waals surface area (Å²) < 4.78 is 9.40. The summed E-state index contributed by atoms with van der Waals surface area (Å²) in [6.45, 7) is 0.208. The summed E-state index contributed by atoms with van der Waals surface area (Å²) in [6.07, 6.45) is 2.40. The molecule has 1 aromatic rings. The van der Waals surface area contributed by atoms with Crippen LogP contribution in [-0.4, -0.2) is 18.2 Å². The lowest BCUT2D eigenvalue weighted by molar-refractivity contribution is -0.135. The fourth-order valence-electron chi connectivity index (χ4n) is 0.942. The molecular formula is C11H12O4. The van der Waals surface area contributed by atoms with Gasteiger partial charge >= 0.3 is 5.97 Å². The van der Waals surface area contributed by atoms with Gasteiger partial charge in [0, 0.05) is 5.56 Å². The fourth-order valence-corrected chi connectivity index (χ4v) is 0.942. The number of carbonyl (C=O) groups excluding carboxylic acids is 1. The molecule has 0 saturated carbocycles. The van der Waals surface area contributed by atoms with Crippen molar-refractivity contribution in [2.75, 3.05) is 7.11 Å². The topological polar surface area (TPSA) is 55.8 Å². The molecule has 0 aliphatic carbocycles. The van der Waals surface area contributed by atoms with Gasteiger partial charge in [0.15, 0.2) is 0 Å². The molecule has 0 bridgehead atoms. The van der Waals surface area contributed by atoms with E-state index in [9.17, 15) is 9.90 Å². The van der Waals surface area contributed by atoms with E-state index in [-0.39, 0.29) is 12.4 Å². The number of hydrogen-bond donors (Lipinski definition) is 1. The maximum atomic E-state index is 10.7. The minimum Gasteiger partial charge on any atom is -0.508 e. The van der Waals surface area contributed by atoms with Crippen LogP contribution in [-0.2, 0) is 20.9 Å². The van der Waals surface area contributed by atoms with Crippen molar-refractivity contribution < 1.29 is 19.4 Å². The Labute approximate surface area is 87.7 Å². The maximum absolute atomic E-state index is 10.7. The molecule has 0 aliphatic heterocycles. The Bertz CT molecular complexity index is 357. The van der Waals surface area contributed by atoms with Crippen molar-refractivity contribution in [3.63, 3.8) is 0 Å². The number of rotatable bonds is 4. The lowest BCUT2D eigenvalue weighted by Crippen LogP contribution is -1.94.